The minimum absolute atomic E-state index is 0. The summed E-state index contributed by atoms with van der Waals surface area (Å²) in [4.78, 5) is 0. The molecule has 0 saturated carbocycles. The summed E-state index contributed by atoms with van der Waals surface area (Å²) >= 11 is 0. The van der Waals surface area contributed by atoms with E-state index in [1.165, 1.54) is 44.2 Å². The SMILES string of the molecule is CC(C)(C)Cc1ccc2ccccc2c1-c1[c-]ccc2ccccc12.C[C-](C)C.[Y]. The minimum atomic E-state index is 0. The Bertz CT molecular complexity index is 1090. The standard InChI is InChI=1S/C25H23.C4H9.Y/c1-25(2,3)17-20-16-15-19-10-5-7-13-22(19)24(20)23-14-8-11-18-9-4-6-12-21(18)23;1-4(2)3;/h4-13,15-16H,17H2,1-3H3;1-3H3;/q2*-1;. The molecule has 0 N–H and O–H groups in total. The Morgan fingerprint density at radius 1 is 0.733 bits per heavy atom. The second-order valence-electron chi connectivity index (χ2n) is 9.50. The van der Waals surface area contributed by atoms with E-state index in [-0.39, 0.29) is 38.1 Å². The molecule has 4 aromatic rings. The van der Waals surface area contributed by atoms with Crippen molar-refractivity contribution in [1.82, 2.24) is 0 Å². The smallest absolute Gasteiger partial charge is 0 e. The molecule has 4 aromatic carbocycles. The first-order valence-corrected chi connectivity index (χ1v) is 10.4. The molecule has 0 bridgehead atoms. The quantitative estimate of drug-likeness (QED) is 0.258. The van der Waals surface area contributed by atoms with E-state index in [0.717, 1.165) is 6.42 Å². The topological polar surface area (TPSA) is 0 Å². The molecule has 0 unspecified atom stereocenters. The van der Waals surface area contributed by atoms with Crippen LogP contribution in [0.3, 0.4) is 0 Å². The van der Waals surface area contributed by atoms with Gasteiger partial charge in [0.05, 0.1) is 0 Å². The van der Waals surface area contributed by atoms with Crippen molar-refractivity contribution in [3.8, 4) is 11.1 Å². The zero-order valence-corrected chi connectivity index (χ0v) is 22.1. The molecule has 0 saturated heterocycles. The first kappa shape index (κ1) is 24.8. The third-order valence-corrected chi connectivity index (χ3v) is 4.71. The number of hydrogen-bond donors (Lipinski definition) is 0. The average molecular weight is 469 g/mol. The maximum atomic E-state index is 3.55. The molecule has 0 aromatic heterocycles. The van der Waals surface area contributed by atoms with Gasteiger partial charge >= 0.3 is 0 Å². The molecular weight excluding hydrogens is 437 g/mol. The van der Waals surface area contributed by atoms with E-state index in [4.69, 9.17) is 0 Å². The molecule has 1 heteroatoms. The first-order valence-electron chi connectivity index (χ1n) is 10.4. The van der Waals surface area contributed by atoms with Crippen LogP contribution in [0.15, 0.2) is 72.8 Å². The van der Waals surface area contributed by atoms with Gasteiger partial charge in [-0.2, -0.15) is 20.8 Å². The molecule has 0 nitrogen and oxygen atoms in total. The normalized spacial score (nSPS) is 11.2. The first-order chi connectivity index (χ1) is 13.8. The summed E-state index contributed by atoms with van der Waals surface area (Å²) in [6.45, 7) is 13.2. The second-order valence-corrected chi connectivity index (χ2v) is 9.50. The predicted octanol–water partition coefficient (Wildman–Crippen LogP) is 8.67. The Labute approximate surface area is 208 Å². The molecule has 0 fully saturated rings. The van der Waals surface area contributed by atoms with Gasteiger partial charge < -0.3 is 5.92 Å². The summed E-state index contributed by atoms with van der Waals surface area (Å²) < 4.78 is 0. The van der Waals surface area contributed by atoms with Gasteiger partial charge in [0.2, 0.25) is 0 Å². The minimum Gasteiger partial charge on any atom is -0.323 e. The van der Waals surface area contributed by atoms with Gasteiger partial charge in [0.15, 0.2) is 0 Å². The number of hydrogen-bond acceptors (Lipinski definition) is 0. The molecule has 0 spiro atoms. The Morgan fingerprint density at radius 3 is 1.87 bits per heavy atom. The van der Waals surface area contributed by atoms with Crippen LogP contribution in [0.1, 0.15) is 47.1 Å². The second kappa shape index (κ2) is 10.7. The molecule has 1 radical (unpaired) electrons. The van der Waals surface area contributed by atoms with E-state index >= 15 is 0 Å². The summed E-state index contributed by atoms with van der Waals surface area (Å²) in [5.74, 6) is 1.42. The van der Waals surface area contributed by atoms with Crippen LogP contribution in [0.25, 0.3) is 32.7 Å². The van der Waals surface area contributed by atoms with Crippen molar-refractivity contribution in [2.45, 2.75) is 48.0 Å². The third-order valence-electron chi connectivity index (χ3n) is 4.71. The maximum absolute atomic E-state index is 3.55. The fraction of sp³-hybridized carbons (Fsp3) is 0.276. The Kier molecular flexibility index (Phi) is 8.83. The summed E-state index contributed by atoms with van der Waals surface area (Å²) in [7, 11) is 0. The predicted molar refractivity (Wildman–Crippen MR) is 129 cm³/mol. The molecule has 4 rings (SSSR count). The van der Waals surface area contributed by atoms with Crippen LogP contribution in [0.5, 0.6) is 0 Å². The van der Waals surface area contributed by atoms with Crippen LogP contribution in [-0.2, 0) is 39.1 Å². The Balaban J connectivity index is 0.000000591. The van der Waals surface area contributed by atoms with Crippen LogP contribution in [0.4, 0.5) is 0 Å². The molecule has 0 aliphatic heterocycles. The summed E-state index contributed by atoms with van der Waals surface area (Å²) in [6.07, 6.45) is 1.05. The zero-order valence-electron chi connectivity index (χ0n) is 19.2. The van der Waals surface area contributed by atoms with Gasteiger partial charge in [-0.25, -0.2) is 0 Å². The van der Waals surface area contributed by atoms with Gasteiger partial charge in [-0.15, -0.1) is 34.5 Å². The van der Waals surface area contributed by atoms with Gasteiger partial charge in [0.25, 0.3) is 0 Å². The van der Waals surface area contributed by atoms with Gasteiger partial charge in [0.1, 0.15) is 0 Å². The van der Waals surface area contributed by atoms with Gasteiger partial charge in [-0.3, -0.25) is 0 Å². The molecule has 153 valence electrons. The maximum Gasteiger partial charge on any atom is 0 e. The van der Waals surface area contributed by atoms with Crippen molar-refractivity contribution >= 4 is 21.5 Å². The number of fused-ring (bicyclic) bond motifs is 2. The average Bonchev–Trinajstić information content (AvgIpc) is 2.66. The largest absolute Gasteiger partial charge is 0.323 e. The molecule has 0 heterocycles. The van der Waals surface area contributed by atoms with Crippen molar-refractivity contribution in [2.75, 3.05) is 0 Å². The molecule has 0 aliphatic carbocycles. The molecular formula is C29H32Y-2. The van der Waals surface area contributed by atoms with Crippen molar-refractivity contribution < 1.29 is 32.7 Å². The van der Waals surface area contributed by atoms with Crippen LogP contribution >= 0.6 is 0 Å². The van der Waals surface area contributed by atoms with Crippen LogP contribution in [0.2, 0.25) is 0 Å². The fourth-order valence-corrected chi connectivity index (χ4v) is 3.70. The molecule has 0 amide bonds. The van der Waals surface area contributed by atoms with Crippen LogP contribution < -0.4 is 0 Å². The molecule has 0 aliphatic rings. The van der Waals surface area contributed by atoms with E-state index in [1.54, 1.807) is 0 Å². The van der Waals surface area contributed by atoms with Crippen molar-refractivity contribution in [2.24, 2.45) is 5.41 Å². The van der Waals surface area contributed by atoms with E-state index in [2.05, 4.69) is 120 Å². The third kappa shape index (κ3) is 6.25. The molecule has 30 heavy (non-hydrogen) atoms. The number of benzene rings is 4. The van der Waals surface area contributed by atoms with Crippen LogP contribution in [0, 0.1) is 17.4 Å². The Morgan fingerprint density at radius 2 is 1.27 bits per heavy atom. The summed E-state index contributed by atoms with van der Waals surface area (Å²) in [5, 5.41) is 5.15. The van der Waals surface area contributed by atoms with Gasteiger partial charge in [-0.1, -0.05) is 97.9 Å². The summed E-state index contributed by atoms with van der Waals surface area (Å²) in [5.41, 5.74) is 4.19. The van der Waals surface area contributed by atoms with Crippen molar-refractivity contribution in [3.05, 3.63) is 90.3 Å². The van der Waals surface area contributed by atoms with Crippen LogP contribution in [-0.4, -0.2) is 0 Å². The fourth-order valence-electron chi connectivity index (χ4n) is 3.70. The van der Waals surface area contributed by atoms with E-state index in [1.807, 2.05) is 0 Å². The van der Waals surface area contributed by atoms with Crippen molar-refractivity contribution in [3.63, 3.8) is 0 Å². The van der Waals surface area contributed by atoms with Gasteiger partial charge in [0, 0.05) is 32.7 Å². The van der Waals surface area contributed by atoms with E-state index in [9.17, 15) is 0 Å². The van der Waals surface area contributed by atoms with E-state index in [0.29, 0.717) is 0 Å². The van der Waals surface area contributed by atoms with Gasteiger partial charge in [-0.05, 0) is 17.2 Å². The Hall–Kier alpha value is -1.50. The van der Waals surface area contributed by atoms with Crippen molar-refractivity contribution in [1.29, 1.82) is 0 Å². The zero-order chi connectivity index (χ0) is 21.0. The van der Waals surface area contributed by atoms with E-state index < -0.39 is 0 Å². The summed E-state index contributed by atoms with van der Waals surface area (Å²) in [6, 6.07) is 29.6. The molecule has 0 atom stereocenters. The monoisotopic (exact) mass is 469 g/mol. The number of rotatable bonds is 2.